The Morgan fingerprint density at radius 1 is 1.15 bits per heavy atom. The van der Waals surface area contributed by atoms with Gasteiger partial charge in [-0.05, 0) is 36.6 Å². The van der Waals surface area contributed by atoms with Gasteiger partial charge in [-0.1, -0.05) is 23.8 Å². The van der Waals surface area contributed by atoms with Gasteiger partial charge in [-0.15, -0.1) is 0 Å². The normalized spacial score (nSPS) is 17.3. The highest BCUT2D eigenvalue weighted by Gasteiger charge is 2.16. The molecule has 0 aromatic heterocycles. The summed E-state index contributed by atoms with van der Waals surface area (Å²) < 4.78 is 39.0. The maximum atomic E-state index is 14.1. The Morgan fingerprint density at radius 3 is 2.73 bits per heavy atom. The number of rotatable bonds is 6. The predicted molar refractivity (Wildman–Crippen MR) is 97.8 cm³/mol. The molecule has 0 bridgehead atoms. The fraction of sp³-hybridized carbons (Fsp3) is 0.429. The molecule has 1 atom stereocenters. The van der Waals surface area contributed by atoms with Gasteiger partial charge >= 0.3 is 0 Å². The van der Waals surface area contributed by atoms with E-state index in [1.807, 2.05) is 19.9 Å². The lowest BCUT2D eigenvalue weighted by molar-refractivity contribution is 0.0158. The van der Waals surface area contributed by atoms with Crippen molar-refractivity contribution >= 4 is 0 Å². The van der Waals surface area contributed by atoms with Crippen LogP contribution < -0.4 is 10.1 Å². The van der Waals surface area contributed by atoms with Gasteiger partial charge in [0.2, 0.25) is 0 Å². The molecule has 3 nitrogen and oxygen atoms in total. The molecule has 1 fully saturated rings. The van der Waals surface area contributed by atoms with E-state index in [0.29, 0.717) is 18.6 Å². The van der Waals surface area contributed by atoms with E-state index in [9.17, 15) is 8.78 Å². The van der Waals surface area contributed by atoms with Gasteiger partial charge in [0.25, 0.3) is 0 Å². The minimum absolute atomic E-state index is 0.160. The first kappa shape index (κ1) is 18.8. The van der Waals surface area contributed by atoms with Crippen molar-refractivity contribution in [2.45, 2.75) is 32.8 Å². The number of hydrogen-bond acceptors (Lipinski definition) is 3. The Labute approximate surface area is 153 Å². The summed E-state index contributed by atoms with van der Waals surface area (Å²) in [6.45, 7) is 6.98. The molecule has 2 aromatic rings. The van der Waals surface area contributed by atoms with E-state index in [1.54, 1.807) is 0 Å². The summed E-state index contributed by atoms with van der Waals surface area (Å²) in [5.74, 6) is -0.316. The topological polar surface area (TPSA) is 30.5 Å². The molecule has 1 heterocycles. The molecule has 140 valence electrons. The second kappa shape index (κ2) is 8.60. The summed E-state index contributed by atoms with van der Waals surface area (Å²) in [6, 6.07) is 7.76. The molecular formula is C21H25F2NO2. The summed E-state index contributed by atoms with van der Waals surface area (Å²) in [5, 5.41) is 3.30. The zero-order valence-electron chi connectivity index (χ0n) is 15.3. The maximum absolute atomic E-state index is 14.1. The van der Waals surface area contributed by atoms with Gasteiger partial charge in [0.05, 0.1) is 19.3 Å². The largest absolute Gasteiger partial charge is 0.493 e. The molecule has 3 rings (SSSR count). The summed E-state index contributed by atoms with van der Waals surface area (Å²) in [7, 11) is 0. The molecule has 0 radical (unpaired) electrons. The lowest BCUT2D eigenvalue weighted by atomic mass is 9.99. The first-order chi connectivity index (χ1) is 12.5. The average Bonchev–Trinajstić information content (AvgIpc) is 2.60. The van der Waals surface area contributed by atoms with Crippen LogP contribution in [0.15, 0.2) is 30.3 Å². The number of hydrogen-bond donors (Lipinski definition) is 1. The van der Waals surface area contributed by atoms with E-state index in [2.05, 4.69) is 11.4 Å². The lowest BCUT2D eigenvalue weighted by Crippen LogP contribution is -2.39. The van der Waals surface area contributed by atoms with Crippen molar-refractivity contribution in [3.63, 3.8) is 0 Å². The molecule has 2 aromatic carbocycles. The van der Waals surface area contributed by atoms with Gasteiger partial charge in [-0.3, -0.25) is 0 Å². The molecule has 0 aliphatic carbocycles. The van der Waals surface area contributed by atoms with Crippen LogP contribution in [0, 0.1) is 25.5 Å². The van der Waals surface area contributed by atoms with E-state index in [1.165, 1.54) is 12.1 Å². The van der Waals surface area contributed by atoms with Crippen molar-refractivity contribution in [2.24, 2.45) is 0 Å². The molecule has 5 heteroatoms. The van der Waals surface area contributed by atoms with E-state index in [-0.39, 0.29) is 6.10 Å². The summed E-state index contributed by atoms with van der Waals surface area (Å²) in [4.78, 5) is 0. The van der Waals surface area contributed by atoms with E-state index < -0.39 is 11.6 Å². The average molecular weight is 361 g/mol. The van der Waals surface area contributed by atoms with Gasteiger partial charge in [-0.25, -0.2) is 8.78 Å². The Bertz CT molecular complexity index is 758. The fourth-order valence-electron chi connectivity index (χ4n) is 3.35. The van der Waals surface area contributed by atoms with Crippen LogP contribution in [0.4, 0.5) is 8.78 Å². The van der Waals surface area contributed by atoms with E-state index in [4.69, 9.17) is 9.47 Å². The van der Waals surface area contributed by atoms with Crippen LogP contribution in [0.3, 0.4) is 0 Å². The van der Waals surface area contributed by atoms with Gasteiger partial charge in [-0.2, -0.15) is 0 Å². The lowest BCUT2D eigenvalue weighted by Gasteiger charge is -2.24. The first-order valence-electron chi connectivity index (χ1n) is 9.02. The molecule has 1 aliphatic rings. The van der Waals surface area contributed by atoms with Crippen LogP contribution >= 0.6 is 0 Å². The zero-order valence-corrected chi connectivity index (χ0v) is 15.3. The maximum Gasteiger partial charge on any atom is 0.129 e. The van der Waals surface area contributed by atoms with Crippen molar-refractivity contribution in [3.05, 3.63) is 64.2 Å². The minimum atomic E-state index is -0.566. The van der Waals surface area contributed by atoms with E-state index in [0.717, 1.165) is 54.6 Å². The minimum Gasteiger partial charge on any atom is -0.493 e. The van der Waals surface area contributed by atoms with Crippen molar-refractivity contribution in [1.29, 1.82) is 0 Å². The molecule has 0 amide bonds. The van der Waals surface area contributed by atoms with Crippen LogP contribution in [-0.4, -0.2) is 32.4 Å². The fourth-order valence-corrected chi connectivity index (χ4v) is 3.35. The number of nitrogens with one attached hydrogen (secondary N) is 1. The number of aryl methyl sites for hydroxylation is 2. The second-order valence-corrected chi connectivity index (χ2v) is 6.82. The van der Waals surface area contributed by atoms with Gasteiger partial charge in [0, 0.05) is 32.0 Å². The highest BCUT2D eigenvalue weighted by Crippen LogP contribution is 2.29. The van der Waals surface area contributed by atoms with Crippen molar-refractivity contribution in [1.82, 2.24) is 5.32 Å². The molecular weight excluding hydrogens is 336 g/mol. The van der Waals surface area contributed by atoms with Crippen molar-refractivity contribution < 1.29 is 18.3 Å². The quantitative estimate of drug-likeness (QED) is 0.846. The van der Waals surface area contributed by atoms with Crippen molar-refractivity contribution in [3.8, 4) is 5.75 Å². The Hall–Kier alpha value is -1.98. The Balaban J connectivity index is 1.73. The highest BCUT2D eigenvalue weighted by molar-refractivity contribution is 5.46. The summed E-state index contributed by atoms with van der Waals surface area (Å²) >= 11 is 0. The Kier molecular flexibility index (Phi) is 6.22. The standard InChI is InChI=1S/C21H25F2NO2/c1-14-9-15(2)21(26-7-5-19-13-24-6-8-25-19)17(10-14)11-16-3-4-18(22)12-20(16)23/h3-4,9-10,12,19,24H,5-8,11,13H2,1-2H3. The first-order valence-corrected chi connectivity index (χ1v) is 9.02. The molecule has 1 aliphatic heterocycles. The smallest absolute Gasteiger partial charge is 0.129 e. The van der Waals surface area contributed by atoms with Gasteiger partial charge < -0.3 is 14.8 Å². The number of benzene rings is 2. The molecule has 0 saturated carbocycles. The molecule has 1 unspecified atom stereocenters. The number of ether oxygens (including phenoxy) is 2. The molecule has 26 heavy (non-hydrogen) atoms. The van der Waals surface area contributed by atoms with Crippen LogP contribution in [0.25, 0.3) is 0 Å². The van der Waals surface area contributed by atoms with Gasteiger partial charge in [0.1, 0.15) is 17.4 Å². The van der Waals surface area contributed by atoms with Crippen LogP contribution in [0.1, 0.15) is 28.7 Å². The molecule has 1 N–H and O–H groups in total. The molecule has 0 spiro atoms. The van der Waals surface area contributed by atoms with Crippen LogP contribution in [-0.2, 0) is 11.2 Å². The third-order valence-corrected chi connectivity index (χ3v) is 4.58. The SMILES string of the molecule is Cc1cc(C)c(OCCC2CNCCO2)c(Cc2ccc(F)cc2F)c1. The van der Waals surface area contributed by atoms with Crippen LogP contribution in [0.2, 0.25) is 0 Å². The predicted octanol–water partition coefficient (Wildman–Crippen LogP) is 3.93. The Morgan fingerprint density at radius 2 is 2.00 bits per heavy atom. The van der Waals surface area contributed by atoms with E-state index >= 15 is 0 Å². The summed E-state index contributed by atoms with van der Waals surface area (Å²) in [5.41, 5.74) is 3.48. The number of morpholine rings is 1. The summed E-state index contributed by atoms with van der Waals surface area (Å²) in [6.07, 6.45) is 1.32. The van der Waals surface area contributed by atoms with Crippen molar-refractivity contribution in [2.75, 3.05) is 26.3 Å². The zero-order chi connectivity index (χ0) is 18.5. The monoisotopic (exact) mass is 361 g/mol. The van der Waals surface area contributed by atoms with Gasteiger partial charge in [0.15, 0.2) is 0 Å². The second-order valence-electron chi connectivity index (χ2n) is 6.82. The molecule has 1 saturated heterocycles. The highest BCUT2D eigenvalue weighted by atomic mass is 19.1. The van der Waals surface area contributed by atoms with Crippen LogP contribution in [0.5, 0.6) is 5.75 Å². The third kappa shape index (κ3) is 4.80. The number of halogens is 2. The third-order valence-electron chi connectivity index (χ3n) is 4.58.